The molecular weight excluding hydrogens is 386 g/mol. The van der Waals surface area contributed by atoms with Crippen molar-refractivity contribution in [2.45, 2.75) is 33.7 Å². The van der Waals surface area contributed by atoms with E-state index in [1.165, 1.54) is 11.3 Å². The van der Waals surface area contributed by atoms with Crippen LogP contribution in [0.1, 0.15) is 40.3 Å². The summed E-state index contributed by atoms with van der Waals surface area (Å²) in [7, 11) is 0. The van der Waals surface area contributed by atoms with Crippen molar-refractivity contribution in [3.05, 3.63) is 50.5 Å². The molecule has 0 N–H and O–H groups in total. The molecule has 1 amide bonds. The number of amides is 1. The van der Waals surface area contributed by atoms with Crippen molar-refractivity contribution in [3.8, 4) is 0 Å². The van der Waals surface area contributed by atoms with Crippen LogP contribution in [0.15, 0.2) is 29.3 Å². The van der Waals surface area contributed by atoms with E-state index in [4.69, 9.17) is 0 Å². The van der Waals surface area contributed by atoms with Gasteiger partial charge >= 0.3 is 0 Å². The second kappa shape index (κ2) is 7.59. The maximum atomic E-state index is 12.8. The summed E-state index contributed by atoms with van der Waals surface area (Å²) in [5, 5.41) is 1.56. The fourth-order valence-corrected chi connectivity index (χ4v) is 4.62. The molecule has 7 nitrogen and oxygen atoms in total. The molecule has 1 aliphatic heterocycles. The van der Waals surface area contributed by atoms with Gasteiger partial charge in [-0.15, -0.1) is 11.3 Å². The summed E-state index contributed by atoms with van der Waals surface area (Å²) in [6, 6.07) is 5.88. The van der Waals surface area contributed by atoms with Crippen molar-refractivity contribution in [2.75, 3.05) is 31.1 Å². The molecule has 152 valence electrons. The molecule has 3 heterocycles. The van der Waals surface area contributed by atoms with E-state index in [9.17, 15) is 9.59 Å². The first kappa shape index (κ1) is 19.6. The van der Waals surface area contributed by atoms with Gasteiger partial charge in [0.1, 0.15) is 4.88 Å². The van der Waals surface area contributed by atoms with Crippen LogP contribution in [0.2, 0.25) is 0 Å². The first-order valence-electron chi connectivity index (χ1n) is 9.84. The number of anilines is 1. The fraction of sp³-hybridized carbons (Fsp3) is 0.429. The van der Waals surface area contributed by atoms with E-state index in [1.54, 1.807) is 10.9 Å². The van der Waals surface area contributed by atoms with Gasteiger partial charge in [0.25, 0.3) is 11.5 Å². The molecule has 1 fully saturated rings. The molecule has 1 saturated heterocycles. The second-order valence-corrected chi connectivity index (χ2v) is 8.88. The lowest BCUT2D eigenvalue weighted by Crippen LogP contribution is -2.48. The number of rotatable bonds is 3. The number of carbonyl (C=O) groups is 1. The van der Waals surface area contributed by atoms with E-state index in [-0.39, 0.29) is 17.5 Å². The SMILES string of the molecule is Cc1nc(C)c(C(=O)N2CCN(c3ccc4c(=O)n(C(C)C)cnc4c3)CC2)s1. The molecule has 4 rings (SSSR count). The molecule has 3 aromatic rings. The Morgan fingerprint density at radius 1 is 1.14 bits per heavy atom. The molecule has 0 radical (unpaired) electrons. The van der Waals surface area contributed by atoms with Crippen molar-refractivity contribution in [2.24, 2.45) is 0 Å². The van der Waals surface area contributed by atoms with Gasteiger partial charge in [-0.1, -0.05) is 0 Å². The third kappa shape index (κ3) is 3.64. The Morgan fingerprint density at radius 2 is 1.86 bits per heavy atom. The molecule has 1 aromatic carbocycles. The van der Waals surface area contributed by atoms with Gasteiger partial charge in [-0.25, -0.2) is 9.97 Å². The van der Waals surface area contributed by atoms with Gasteiger partial charge in [0.2, 0.25) is 0 Å². The summed E-state index contributed by atoms with van der Waals surface area (Å²) >= 11 is 1.46. The Morgan fingerprint density at radius 3 is 2.48 bits per heavy atom. The minimum absolute atomic E-state index is 0.0119. The molecule has 0 spiro atoms. The van der Waals surface area contributed by atoms with Crippen LogP contribution in [0.5, 0.6) is 0 Å². The van der Waals surface area contributed by atoms with E-state index < -0.39 is 0 Å². The van der Waals surface area contributed by atoms with Crippen LogP contribution in [0, 0.1) is 13.8 Å². The summed E-state index contributed by atoms with van der Waals surface area (Å²) in [6.07, 6.45) is 1.62. The van der Waals surface area contributed by atoms with Gasteiger partial charge in [-0.05, 0) is 45.9 Å². The molecule has 8 heteroatoms. The van der Waals surface area contributed by atoms with Crippen LogP contribution < -0.4 is 10.5 Å². The number of benzene rings is 1. The third-order valence-electron chi connectivity index (χ3n) is 5.35. The van der Waals surface area contributed by atoms with E-state index in [1.807, 2.05) is 50.8 Å². The Hall–Kier alpha value is -2.74. The molecular formula is C21H25N5O2S. The zero-order valence-electron chi connectivity index (χ0n) is 17.2. The van der Waals surface area contributed by atoms with E-state index >= 15 is 0 Å². The quantitative estimate of drug-likeness (QED) is 0.663. The van der Waals surface area contributed by atoms with Crippen LogP contribution in [0.25, 0.3) is 10.9 Å². The van der Waals surface area contributed by atoms with Gasteiger partial charge in [0.15, 0.2) is 0 Å². The third-order valence-corrected chi connectivity index (χ3v) is 6.41. The number of aromatic nitrogens is 3. The fourth-order valence-electron chi connectivity index (χ4n) is 3.73. The molecule has 1 aliphatic rings. The van der Waals surface area contributed by atoms with Crippen molar-refractivity contribution >= 4 is 33.8 Å². The summed E-state index contributed by atoms with van der Waals surface area (Å²) in [5.74, 6) is 0.0714. The van der Waals surface area contributed by atoms with Crippen molar-refractivity contribution in [1.82, 2.24) is 19.4 Å². The highest BCUT2D eigenvalue weighted by Crippen LogP contribution is 2.23. The van der Waals surface area contributed by atoms with Crippen LogP contribution in [-0.2, 0) is 0 Å². The maximum Gasteiger partial charge on any atom is 0.265 e. The van der Waals surface area contributed by atoms with Crippen LogP contribution in [0.4, 0.5) is 5.69 Å². The lowest BCUT2D eigenvalue weighted by Gasteiger charge is -2.36. The minimum Gasteiger partial charge on any atom is -0.368 e. The number of piperazine rings is 1. The maximum absolute atomic E-state index is 12.8. The van der Waals surface area contributed by atoms with E-state index in [2.05, 4.69) is 14.9 Å². The van der Waals surface area contributed by atoms with E-state index in [0.29, 0.717) is 24.0 Å². The normalized spacial score (nSPS) is 14.8. The zero-order valence-corrected chi connectivity index (χ0v) is 18.0. The Balaban J connectivity index is 1.50. The highest BCUT2D eigenvalue weighted by Gasteiger charge is 2.25. The van der Waals surface area contributed by atoms with Crippen molar-refractivity contribution < 1.29 is 4.79 Å². The number of nitrogens with zero attached hydrogens (tertiary/aromatic N) is 5. The summed E-state index contributed by atoms with van der Waals surface area (Å²) < 4.78 is 1.65. The predicted octanol–water partition coefficient (Wildman–Crippen LogP) is 3.01. The molecule has 2 aromatic heterocycles. The Bertz CT molecular complexity index is 1130. The summed E-state index contributed by atoms with van der Waals surface area (Å²) in [5.41, 5.74) is 2.54. The lowest BCUT2D eigenvalue weighted by atomic mass is 10.2. The Kier molecular flexibility index (Phi) is 5.12. The minimum atomic E-state index is -0.0119. The zero-order chi connectivity index (χ0) is 20.7. The summed E-state index contributed by atoms with van der Waals surface area (Å²) in [4.78, 5) is 39.1. The Labute approximate surface area is 173 Å². The van der Waals surface area contributed by atoms with E-state index in [0.717, 1.165) is 34.4 Å². The average Bonchev–Trinajstić information content (AvgIpc) is 3.05. The molecule has 0 atom stereocenters. The van der Waals surface area contributed by atoms with Crippen molar-refractivity contribution in [3.63, 3.8) is 0 Å². The first-order valence-corrected chi connectivity index (χ1v) is 10.7. The number of carbonyl (C=O) groups excluding carboxylic acids is 1. The largest absolute Gasteiger partial charge is 0.368 e. The molecule has 0 aliphatic carbocycles. The topological polar surface area (TPSA) is 71.3 Å². The van der Waals surface area contributed by atoms with Crippen LogP contribution in [-0.4, -0.2) is 51.5 Å². The van der Waals surface area contributed by atoms with Gasteiger partial charge in [-0.2, -0.15) is 0 Å². The summed E-state index contributed by atoms with van der Waals surface area (Å²) in [6.45, 7) is 10.6. The number of fused-ring (bicyclic) bond motifs is 1. The van der Waals surface area contributed by atoms with Gasteiger partial charge in [-0.3, -0.25) is 14.2 Å². The van der Waals surface area contributed by atoms with Gasteiger partial charge < -0.3 is 9.80 Å². The second-order valence-electron chi connectivity index (χ2n) is 7.68. The number of aryl methyl sites for hydroxylation is 2. The average molecular weight is 412 g/mol. The molecule has 0 unspecified atom stereocenters. The lowest BCUT2D eigenvalue weighted by molar-refractivity contribution is 0.0750. The van der Waals surface area contributed by atoms with Gasteiger partial charge in [0.05, 0.1) is 27.9 Å². The highest BCUT2D eigenvalue weighted by molar-refractivity contribution is 7.13. The van der Waals surface area contributed by atoms with Crippen LogP contribution in [0.3, 0.4) is 0 Å². The highest BCUT2D eigenvalue weighted by atomic mass is 32.1. The van der Waals surface area contributed by atoms with Gasteiger partial charge in [0, 0.05) is 37.9 Å². The monoisotopic (exact) mass is 411 g/mol. The van der Waals surface area contributed by atoms with Crippen LogP contribution >= 0.6 is 11.3 Å². The molecule has 29 heavy (non-hydrogen) atoms. The predicted molar refractivity (Wildman–Crippen MR) is 116 cm³/mol. The molecule has 0 bridgehead atoms. The number of hydrogen-bond acceptors (Lipinski definition) is 6. The number of hydrogen-bond donors (Lipinski definition) is 0. The van der Waals surface area contributed by atoms with Crippen molar-refractivity contribution in [1.29, 1.82) is 0 Å². The first-order chi connectivity index (χ1) is 13.8. The smallest absolute Gasteiger partial charge is 0.265 e. The standard InChI is InChI=1S/C21H25N5O2S/c1-13(2)26-12-22-18-11-16(5-6-17(18)20(26)27)24-7-9-25(10-8-24)21(28)19-14(3)23-15(4)29-19/h5-6,11-13H,7-10H2,1-4H3. The number of thiazole rings is 1. The molecule has 0 saturated carbocycles.